The lowest BCUT2D eigenvalue weighted by Crippen LogP contribution is -2.00. The van der Waals surface area contributed by atoms with Crippen molar-refractivity contribution in [1.82, 2.24) is 0 Å². The van der Waals surface area contributed by atoms with Crippen molar-refractivity contribution in [3.63, 3.8) is 0 Å². The first-order valence-corrected chi connectivity index (χ1v) is 6.81. The number of nitrogens with one attached hydrogen (secondary N) is 2. The summed E-state index contributed by atoms with van der Waals surface area (Å²) in [6, 6.07) is 16.2. The van der Waals surface area contributed by atoms with Gasteiger partial charge >= 0.3 is 0 Å². The first kappa shape index (κ1) is 12.6. The highest BCUT2D eigenvalue weighted by Gasteiger charge is 2.09. The van der Waals surface area contributed by atoms with Crippen LogP contribution in [0.3, 0.4) is 0 Å². The molecule has 3 nitrogen and oxygen atoms in total. The maximum Gasteiger partial charge on any atom is 0.122 e. The van der Waals surface area contributed by atoms with Gasteiger partial charge < -0.3 is 15.4 Å². The minimum Gasteiger partial charge on any atom is -0.489 e. The fourth-order valence-corrected chi connectivity index (χ4v) is 2.21. The lowest BCUT2D eigenvalue weighted by atomic mass is 10.2. The minimum atomic E-state index is 0.583. The van der Waals surface area contributed by atoms with Crippen LogP contribution in [-0.2, 0) is 6.61 Å². The third-order valence-corrected chi connectivity index (χ3v) is 3.29. The van der Waals surface area contributed by atoms with Gasteiger partial charge in [0.2, 0.25) is 0 Å². The van der Waals surface area contributed by atoms with Crippen LogP contribution in [-0.4, -0.2) is 6.54 Å². The summed E-state index contributed by atoms with van der Waals surface area (Å²) in [5, 5.41) is 6.70. The molecule has 0 aromatic heterocycles. The van der Waals surface area contributed by atoms with Crippen molar-refractivity contribution in [2.24, 2.45) is 0 Å². The Morgan fingerprint density at radius 2 is 1.90 bits per heavy atom. The standard InChI is InChI=1S/C17H18N2O/c1-13-9-10-18-17-11-15(7-8-16(17)19-13)20-12-14-5-3-2-4-6-14/h2-8,11,18-19H,1,9-10,12H2. The van der Waals surface area contributed by atoms with Gasteiger partial charge in [0.05, 0.1) is 11.4 Å². The summed E-state index contributed by atoms with van der Waals surface area (Å²) < 4.78 is 5.84. The SMILES string of the molecule is C=C1CCNc2cc(OCc3ccccc3)ccc2N1. The van der Waals surface area contributed by atoms with Crippen LogP contribution < -0.4 is 15.4 Å². The van der Waals surface area contributed by atoms with Crippen LogP contribution in [0.5, 0.6) is 5.75 Å². The predicted molar refractivity (Wildman–Crippen MR) is 83.1 cm³/mol. The molecular formula is C17H18N2O. The van der Waals surface area contributed by atoms with Crippen molar-refractivity contribution < 1.29 is 4.74 Å². The molecule has 20 heavy (non-hydrogen) atoms. The van der Waals surface area contributed by atoms with E-state index in [4.69, 9.17) is 4.74 Å². The zero-order valence-electron chi connectivity index (χ0n) is 11.4. The molecule has 2 aromatic rings. The normalized spacial score (nSPS) is 13.7. The highest BCUT2D eigenvalue weighted by molar-refractivity contribution is 5.73. The predicted octanol–water partition coefficient (Wildman–Crippen LogP) is 4.01. The Morgan fingerprint density at radius 3 is 2.75 bits per heavy atom. The molecule has 0 unspecified atom stereocenters. The average Bonchev–Trinajstić information content (AvgIpc) is 2.66. The summed E-state index contributed by atoms with van der Waals surface area (Å²) in [7, 11) is 0. The number of benzene rings is 2. The third-order valence-electron chi connectivity index (χ3n) is 3.29. The molecule has 1 aliphatic rings. The first-order valence-electron chi connectivity index (χ1n) is 6.81. The van der Waals surface area contributed by atoms with E-state index in [-0.39, 0.29) is 0 Å². The van der Waals surface area contributed by atoms with Crippen LogP contribution in [0.4, 0.5) is 11.4 Å². The van der Waals surface area contributed by atoms with E-state index < -0.39 is 0 Å². The van der Waals surface area contributed by atoms with Gasteiger partial charge in [-0.25, -0.2) is 0 Å². The fourth-order valence-electron chi connectivity index (χ4n) is 2.21. The van der Waals surface area contributed by atoms with Crippen LogP contribution >= 0.6 is 0 Å². The highest BCUT2D eigenvalue weighted by Crippen LogP contribution is 2.30. The Hall–Kier alpha value is -2.42. The van der Waals surface area contributed by atoms with E-state index in [0.717, 1.165) is 35.8 Å². The molecule has 0 bridgehead atoms. The number of hydrogen-bond donors (Lipinski definition) is 2. The monoisotopic (exact) mass is 266 g/mol. The van der Waals surface area contributed by atoms with E-state index in [9.17, 15) is 0 Å². The second-order valence-electron chi connectivity index (χ2n) is 4.89. The van der Waals surface area contributed by atoms with Crippen molar-refractivity contribution in [3.05, 3.63) is 66.4 Å². The molecule has 0 saturated carbocycles. The van der Waals surface area contributed by atoms with Crippen LogP contribution in [0.25, 0.3) is 0 Å². The van der Waals surface area contributed by atoms with Crippen LogP contribution in [0.2, 0.25) is 0 Å². The molecule has 2 N–H and O–H groups in total. The average molecular weight is 266 g/mol. The van der Waals surface area contributed by atoms with Gasteiger partial charge in [-0.15, -0.1) is 0 Å². The number of hydrogen-bond acceptors (Lipinski definition) is 3. The Kier molecular flexibility index (Phi) is 3.59. The van der Waals surface area contributed by atoms with E-state index in [2.05, 4.69) is 29.3 Å². The zero-order chi connectivity index (χ0) is 13.8. The highest BCUT2D eigenvalue weighted by atomic mass is 16.5. The van der Waals surface area contributed by atoms with Gasteiger partial charge in [-0.3, -0.25) is 0 Å². The van der Waals surface area contributed by atoms with Crippen molar-refractivity contribution in [1.29, 1.82) is 0 Å². The largest absolute Gasteiger partial charge is 0.489 e. The van der Waals surface area contributed by atoms with Gasteiger partial charge in [-0.1, -0.05) is 36.9 Å². The Balaban J connectivity index is 1.72. The molecule has 1 heterocycles. The van der Waals surface area contributed by atoms with E-state index >= 15 is 0 Å². The second-order valence-corrected chi connectivity index (χ2v) is 4.89. The van der Waals surface area contributed by atoms with Gasteiger partial charge in [0.1, 0.15) is 12.4 Å². The smallest absolute Gasteiger partial charge is 0.122 e. The summed E-state index contributed by atoms with van der Waals surface area (Å²) in [6.07, 6.45) is 0.925. The number of anilines is 2. The molecule has 0 aliphatic carbocycles. The van der Waals surface area contributed by atoms with E-state index in [0.29, 0.717) is 6.61 Å². The molecule has 0 atom stereocenters. The van der Waals surface area contributed by atoms with Gasteiger partial charge in [0, 0.05) is 24.7 Å². The summed E-state index contributed by atoms with van der Waals surface area (Å²) in [6.45, 7) is 5.46. The van der Waals surface area contributed by atoms with E-state index in [1.165, 1.54) is 5.56 Å². The minimum absolute atomic E-state index is 0.583. The quantitative estimate of drug-likeness (QED) is 0.880. The number of rotatable bonds is 3. The summed E-state index contributed by atoms with van der Waals surface area (Å²) in [4.78, 5) is 0. The van der Waals surface area contributed by atoms with Crippen molar-refractivity contribution in [3.8, 4) is 5.75 Å². The lowest BCUT2D eigenvalue weighted by molar-refractivity contribution is 0.306. The lowest BCUT2D eigenvalue weighted by Gasteiger charge is -2.12. The molecule has 3 rings (SSSR count). The molecule has 1 aliphatic heterocycles. The van der Waals surface area contributed by atoms with Crippen LogP contribution in [0.15, 0.2) is 60.8 Å². The molecule has 0 fully saturated rings. The van der Waals surface area contributed by atoms with Crippen molar-refractivity contribution in [2.75, 3.05) is 17.2 Å². The van der Waals surface area contributed by atoms with Crippen LogP contribution in [0.1, 0.15) is 12.0 Å². The number of ether oxygens (including phenoxy) is 1. The van der Waals surface area contributed by atoms with E-state index in [1.54, 1.807) is 0 Å². The van der Waals surface area contributed by atoms with Gasteiger partial charge in [-0.05, 0) is 17.7 Å². The molecule has 0 amide bonds. The molecule has 0 radical (unpaired) electrons. The van der Waals surface area contributed by atoms with Crippen LogP contribution in [0, 0.1) is 0 Å². The molecular weight excluding hydrogens is 248 g/mol. The molecule has 2 aromatic carbocycles. The molecule has 3 heteroatoms. The maximum atomic E-state index is 5.84. The Labute approximate surface area is 119 Å². The van der Waals surface area contributed by atoms with E-state index in [1.807, 2.05) is 36.4 Å². The zero-order valence-corrected chi connectivity index (χ0v) is 11.4. The van der Waals surface area contributed by atoms with Crippen molar-refractivity contribution >= 4 is 11.4 Å². The second kappa shape index (κ2) is 5.70. The Morgan fingerprint density at radius 1 is 1.05 bits per heavy atom. The molecule has 0 spiro atoms. The Bertz CT molecular complexity index is 608. The summed E-state index contributed by atoms with van der Waals surface area (Å²) in [5.41, 5.74) is 4.32. The summed E-state index contributed by atoms with van der Waals surface area (Å²) >= 11 is 0. The van der Waals surface area contributed by atoms with Gasteiger partial charge in [-0.2, -0.15) is 0 Å². The maximum absolute atomic E-state index is 5.84. The van der Waals surface area contributed by atoms with Gasteiger partial charge in [0.15, 0.2) is 0 Å². The van der Waals surface area contributed by atoms with Crippen molar-refractivity contribution in [2.45, 2.75) is 13.0 Å². The number of fused-ring (bicyclic) bond motifs is 1. The van der Waals surface area contributed by atoms with Gasteiger partial charge in [0.25, 0.3) is 0 Å². The summed E-state index contributed by atoms with van der Waals surface area (Å²) in [5.74, 6) is 0.870. The topological polar surface area (TPSA) is 33.3 Å². The molecule has 0 saturated heterocycles. The first-order chi connectivity index (χ1) is 9.81. The third kappa shape index (κ3) is 2.94. The fraction of sp³-hybridized carbons (Fsp3) is 0.176. The molecule has 102 valence electrons.